The number of nitrogens with one attached hydrogen (secondary N) is 2. The largest absolute Gasteiger partial charge is 0.312 e. The number of sulfonamides is 1. The Labute approximate surface area is 132 Å². The van der Waals surface area contributed by atoms with E-state index in [9.17, 15) is 8.42 Å². The molecule has 0 spiro atoms. The first kappa shape index (κ1) is 16.9. The molecule has 1 fully saturated rings. The second-order valence-corrected chi connectivity index (χ2v) is 9.40. The van der Waals surface area contributed by atoms with Gasteiger partial charge in [-0.1, -0.05) is 6.92 Å². The molecule has 4 nitrogen and oxygen atoms in total. The molecular weight excluding hydrogens is 304 g/mol. The van der Waals surface area contributed by atoms with Gasteiger partial charge in [-0.15, -0.1) is 11.3 Å². The molecule has 0 atom stereocenters. The minimum Gasteiger partial charge on any atom is -0.312 e. The molecule has 0 saturated heterocycles. The Balaban J connectivity index is 2.12. The molecular formula is C15H26N2O2S2. The fourth-order valence-corrected chi connectivity index (χ4v) is 5.63. The Morgan fingerprint density at radius 3 is 2.62 bits per heavy atom. The summed E-state index contributed by atoms with van der Waals surface area (Å²) in [7, 11) is -3.43. The molecule has 1 aliphatic carbocycles. The molecule has 6 heteroatoms. The Kier molecular flexibility index (Phi) is 5.13. The Morgan fingerprint density at radius 2 is 2.05 bits per heavy atom. The summed E-state index contributed by atoms with van der Waals surface area (Å²) in [6.45, 7) is 9.65. The maximum atomic E-state index is 12.6. The van der Waals surface area contributed by atoms with Gasteiger partial charge in [0.2, 0.25) is 10.0 Å². The van der Waals surface area contributed by atoms with Gasteiger partial charge in [0.15, 0.2) is 0 Å². The van der Waals surface area contributed by atoms with Crippen molar-refractivity contribution >= 4 is 21.4 Å². The molecule has 21 heavy (non-hydrogen) atoms. The Bertz CT molecular complexity index is 587. The van der Waals surface area contributed by atoms with Crippen LogP contribution in [0.25, 0.3) is 0 Å². The van der Waals surface area contributed by atoms with E-state index in [1.807, 2.05) is 26.8 Å². The van der Waals surface area contributed by atoms with E-state index in [0.29, 0.717) is 10.8 Å². The summed E-state index contributed by atoms with van der Waals surface area (Å²) >= 11 is 1.56. The second-order valence-electron chi connectivity index (χ2n) is 6.41. The summed E-state index contributed by atoms with van der Waals surface area (Å²) in [5.74, 6) is 0.469. The van der Waals surface area contributed by atoms with Crippen LogP contribution >= 0.6 is 11.3 Å². The topological polar surface area (TPSA) is 58.2 Å². The molecule has 1 aromatic heterocycles. The number of hydrogen-bond acceptors (Lipinski definition) is 4. The molecule has 1 heterocycles. The third-order valence-corrected chi connectivity index (χ3v) is 6.91. The molecule has 0 aromatic carbocycles. The van der Waals surface area contributed by atoms with Crippen LogP contribution in [0.4, 0.5) is 0 Å². The molecule has 0 radical (unpaired) electrons. The quantitative estimate of drug-likeness (QED) is 0.720. The lowest BCUT2D eigenvalue weighted by molar-refractivity contribution is 0.400. The van der Waals surface area contributed by atoms with E-state index >= 15 is 0 Å². The van der Waals surface area contributed by atoms with Crippen molar-refractivity contribution in [3.63, 3.8) is 0 Å². The standard InChI is InChI=1S/C15H26N2O2S2/c1-5-8-16-10-13-9-14(11(2)20-13)21(18,19)17-15(3,4)12-6-7-12/h9,12,16-17H,5-8,10H2,1-4H3. The van der Waals surface area contributed by atoms with Crippen LogP contribution in [-0.4, -0.2) is 20.5 Å². The van der Waals surface area contributed by atoms with Gasteiger partial charge in [0.05, 0.1) is 4.90 Å². The maximum Gasteiger partial charge on any atom is 0.242 e. The molecule has 0 aliphatic heterocycles. The zero-order valence-corrected chi connectivity index (χ0v) is 15.0. The summed E-state index contributed by atoms with van der Waals surface area (Å²) in [5, 5.41) is 3.32. The zero-order valence-electron chi connectivity index (χ0n) is 13.3. The van der Waals surface area contributed by atoms with Gasteiger partial charge < -0.3 is 5.32 Å². The third-order valence-electron chi connectivity index (χ3n) is 3.93. The van der Waals surface area contributed by atoms with Gasteiger partial charge in [-0.25, -0.2) is 13.1 Å². The summed E-state index contributed by atoms with van der Waals surface area (Å²) < 4.78 is 28.1. The highest BCUT2D eigenvalue weighted by atomic mass is 32.2. The van der Waals surface area contributed by atoms with Gasteiger partial charge in [0, 0.05) is 21.8 Å². The molecule has 2 rings (SSSR count). The van der Waals surface area contributed by atoms with Gasteiger partial charge in [0.25, 0.3) is 0 Å². The van der Waals surface area contributed by atoms with Gasteiger partial charge in [0.1, 0.15) is 0 Å². The first-order chi connectivity index (χ1) is 9.76. The molecule has 2 N–H and O–H groups in total. The molecule has 1 aromatic rings. The van der Waals surface area contributed by atoms with Gasteiger partial charge in [-0.3, -0.25) is 0 Å². The summed E-state index contributed by atoms with van der Waals surface area (Å²) in [6.07, 6.45) is 3.31. The summed E-state index contributed by atoms with van der Waals surface area (Å²) in [4.78, 5) is 2.38. The van der Waals surface area contributed by atoms with E-state index in [2.05, 4.69) is 17.0 Å². The van der Waals surface area contributed by atoms with E-state index in [4.69, 9.17) is 0 Å². The normalized spacial score (nSPS) is 16.4. The smallest absolute Gasteiger partial charge is 0.242 e. The predicted molar refractivity (Wildman–Crippen MR) is 88.2 cm³/mol. The van der Waals surface area contributed by atoms with Crippen LogP contribution in [0, 0.1) is 12.8 Å². The van der Waals surface area contributed by atoms with Crippen molar-refractivity contribution in [1.29, 1.82) is 0 Å². The average Bonchev–Trinajstić information content (AvgIpc) is 3.14. The lowest BCUT2D eigenvalue weighted by Gasteiger charge is -2.25. The van der Waals surface area contributed by atoms with Crippen LogP contribution < -0.4 is 10.0 Å². The Morgan fingerprint density at radius 1 is 1.38 bits per heavy atom. The van der Waals surface area contributed by atoms with Gasteiger partial charge in [-0.2, -0.15) is 0 Å². The number of aryl methyl sites for hydroxylation is 1. The van der Waals surface area contributed by atoms with E-state index < -0.39 is 10.0 Å². The molecule has 0 bridgehead atoms. The minimum atomic E-state index is -3.43. The second kappa shape index (κ2) is 6.36. The molecule has 0 amide bonds. The number of hydrogen-bond donors (Lipinski definition) is 2. The highest BCUT2D eigenvalue weighted by Gasteiger charge is 2.41. The molecule has 0 unspecified atom stereocenters. The van der Waals surface area contributed by atoms with E-state index in [0.717, 1.165) is 42.1 Å². The molecule has 1 aliphatic rings. The maximum absolute atomic E-state index is 12.6. The van der Waals surface area contributed by atoms with Crippen molar-refractivity contribution in [2.24, 2.45) is 5.92 Å². The number of thiophene rings is 1. The van der Waals surface area contributed by atoms with Crippen molar-refractivity contribution < 1.29 is 8.42 Å². The fourth-order valence-electron chi connectivity index (χ4n) is 2.56. The monoisotopic (exact) mass is 330 g/mol. The van der Waals surface area contributed by atoms with Crippen molar-refractivity contribution in [3.8, 4) is 0 Å². The molecule has 120 valence electrons. The first-order valence-electron chi connectivity index (χ1n) is 7.60. The van der Waals surface area contributed by atoms with Crippen molar-refractivity contribution in [3.05, 3.63) is 15.8 Å². The Hall–Kier alpha value is -0.430. The van der Waals surface area contributed by atoms with Crippen LogP contribution in [0.1, 0.15) is 49.8 Å². The molecule has 1 saturated carbocycles. The van der Waals surface area contributed by atoms with Crippen LogP contribution in [-0.2, 0) is 16.6 Å². The fraction of sp³-hybridized carbons (Fsp3) is 0.733. The first-order valence-corrected chi connectivity index (χ1v) is 9.90. The average molecular weight is 331 g/mol. The SMILES string of the molecule is CCCNCc1cc(S(=O)(=O)NC(C)(C)C2CC2)c(C)s1. The zero-order chi connectivity index (χ0) is 15.7. The minimum absolute atomic E-state index is 0.353. The lowest BCUT2D eigenvalue weighted by Crippen LogP contribution is -2.45. The number of rotatable bonds is 8. The lowest BCUT2D eigenvalue weighted by atomic mass is 10.0. The van der Waals surface area contributed by atoms with Crippen LogP contribution in [0.2, 0.25) is 0 Å². The predicted octanol–water partition coefficient (Wildman–Crippen LogP) is 3.02. The van der Waals surface area contributed by atoms with E-state index in [-0.39, 0.29) is 5.54 Å². The van der Waals surface area contributed by atoms with Crippen LogP contribution in [0.15, 0.2) is 11.0 Å². The highest BCUT2D eigenvalue weighted by molar-refractivity contribution is 7.89. The summed E-state index contributed by atoms with van der Waals surface area (Å²) in [6, 6.07) is 1.81. The highest BCUT2D eigenvalue weighted by Crippen LogP contribution is 2.40. The van der Waals surface area contributed by atoms with Gasteiger partial charge in [-0.05, 0) is 58.6 Å². The van der Waals surface area contributed by atoms with E-state index in [1.54, 1.807) is 11.3 Å². The third kappa shape index (κ3) is 4.28. The van der Waals surface area contributed by atoms with Crippen molar-refractivity contribution in [1.82, 2.24) is 10.0 Å². The van der Waals surface area contributed by atoms with Gasteiger partial charge >= 0.3 is 0 Å². The van der Waals surface area contributed by atoms with E-state index in [1.165, 1.54) is 0 Å². The van der Waals surface area contributed by atoms with Crippen LogP contribution in [0.3, 0.4) is 0 Å². The van der Waals surface area contributed by atoms with Crippen molar-refractivity contribution in [2.75, 3.05) is 6.54 Å². The summed E-state index contributed by atoms with van der Waals surface area (Å²) in [5.41, 5.74) is -0.353. The van der Waals surface area contributed by atoms with Crippen LogP contribution in [0.5, 0.6) is 0 Å². The van der Waals surface area contributed by atoms with Crippen molar-refractivity contribution in [2.45, 2.75) is 63.9 Å².